The van der Waals surface area contributed by atoms with Crippen molar-refractivity contribution in [1.29, 1.82) is 0 Å². The van der Waals surface area contributed by atoms with Crippen molar-refractivity contribution in [2.45, 2.75) is 43.3 Å². The van der Waals surface area contributed by atoms with E-state index in [-0.39, 0.29) is 29.7 Å². The van der Waals surface area contributed by atoms with E-state index in [1.165, 1.54) is 9.10 Å². The van der Waals surface area contributed by atoms with Crippen molar-refractivity contribution < 1.29 is 22.6 Å². The Morgan fingerprint density at radius 1 is 0.691 bits per heavy atom. The molecule has 1 fully saturated rings. The maximum absolute atomic E-state index is 15.7. The molecule has 12 heteroatoms. The molecule has 1 aliphatic rings. The highest BCUT2D eigenvalue weighted by Crippen LogP contribution is 2.49. The van der Waals surface area contributed by atoms with Gasteiger partial charge < -0.3 is 14.2 Å². The number of hydrogen-bond donors (Lipinski definition) is 0. The lowest BCUT2D eigenvalue weighted by Crippen LogP contribution is -2.31. The average molecular weight is 753 g/mol. The van der Waals surface area contributed by atoms with E-state index >= 15 is 8.42 Å². The molecule has 11 nitrogen and oxygen atoms in total. The summed E-state index contributed by atoms with van der Waals surface area (Å²) in [4.78, 5) is 6.30. The van der Waals surface area contributed by atoms with Crippen molar-refractivity contribution in [3.05, 3.63) is 144 Å². The SMILES string of the molecule is COc1ccc(CN(Cc2ccc(OC)cc2)S(=O)(=O)c2c(C3CC3)ccc(-c3ccnc4ccccc34)c2-c2nnn(Cc3ccc(OC)cc3)n2)cc1. The highest BCUT2D eigenvalue weighted by atomic mass is 32.2. The van der Waals surface area contributed by atoms with E-state index in [2.05, 4.69) is 15.3 Å². The van der Waals surface area contributed by atoms with Crippen LogP contribution in [0.2, 0.25) is 0 Å². The summed E-state index contributed by atoms with van der Waals surface area (Å²) < 4.78 is 49.1. The summed E-state index contributed by atoms with van der Waals surface area (Å²) in [6.45, 7) is 0.555. The fraction of sp³-hybridized carbons (Fsp3) is 0.209. The molecule has 0 atom stereocenters. The maximum atomic E-state index is 15.7. The predicted octanol–water partition coefficient (Wildman–Crippen LogP) is 7.90. The third-order valence-electron chi connectivity index (χ3n) is 9.94. The first-order chi connectivity index (χ1) is 26.8. The molecule has 5 aromatic carbocycles. The minimum absolute atomic E-state index is 0.0740. The average Bonchev–Trinajstić information content (AvgIpc) is 3.98. The Balaban J connectivity index is 1.33. The predicted molar refractivity (Wildman–Crippen MR) is 210 cm³/mol. The van der Waals surface area contributed by atoms with Crippen molar-refractivity contribution in [3.63, 3.8) is 0 Å². The van der Waals surface area contributed by atoms with Gasteiger partial charge in [0.1, 0.15) is 17.2 Å². The third kappa shape index (κ3) is 7.51. The van der Waals surface area contributed by atoms with Crippen molar-refractivity contribution in [1.82, 2.24) is 29.5 Å². The summed E-state index contributed by atoms with van der Waals surface area (Å²) in [6, 6.07) is 36.3. The first-order valence-corrected chi connectivity index (χ1v) is 19.5. The molecule has 0 aliphatic heterocycles. The normalized spacial score (nSPS) is 12.9. The molecule has 0 spiro atoms. The third-order valence-corrected chi connectivity index (χ3v) is 11.8. The highest BCUT2D eigenvalue weighted by Gasteiger charge is 2.38. The molecule has 8 rings (SSSR count). The lowest BCUT2D eigenvalue weighted by atomic mass is 9.93. The number of benzene rings is 5. The quantitative estimate of drug-likeness (QED) is 0.109. The van der Waals surface area contributed by atoms with Gasteiger partial charge in [0.05, 0.1) is 43.8 Å². The zero-order valence-electron chi connectivity index (χ0n) is 30.8. The molecular formula is C43H40N6O5S. The lowest BCUT2D eigenvalue weighted by Gasteiger charge is -2.26. The van der Waals surface area contributed by atoms with Crippen LogP contribution in [0.4, 0.5) is 0 Å². The molecule has 2 aromatic heterocycles. The van der Waals surface area contributed by atoms with Crippen LogP contribution in [-0.2, 0) is 29.7 Å². The number of nitrogens with zero attached hydrogens (tertiary/aromatic N) is 6. The standard InChI is InChI=1S/C43H40N6O5S/c1-52-33-16-8-29(9-17-33)26-48(27-30-10-18-34(53-2)19-11-30)55(50,51)42-36(32-14-15-32)22-23-39(37-24-25-44-40-7-5-4-6-38(37)40)41(42)43-45-47-49(46-43)28-31-12-20-35(54-3)21-13-31/h4-13,16-25,32H,14-15,26-28H2,1-3H3. The van der Waals surface area contributed by atoms with Crippen LogP contribution in [0.1, 0.15) is 41.0 Å². The Bertz CT molecular complexity index is 2500. The van der Waals surface area contributed by atoms with Crippen LogP contribution in [0.15, 0.2) is 126 Å². The number of fused-ring (bicyclic) bond motifs is 1. The second-order valence-electron chi connectivity index (χ2n) is 13.5. The lowest BCUT2D eigenvalue weighted by molar-refractivity contribution is 0.397. The van der Waals surface area contributed by atoms with E-state index in [9.17, 15) is 0 Å². The molecule has 1 aliphatic carbocycles. The Hall–Kier alpha value is -6.11. The summed E-state index contributed by atoms with van der Waals surface area (Å²) in [7, 11) is 0.581. The zero-order chi connectivity index (χ0) is 37.9. The molecule has 0 radical (unpaired) electrons. The van der Waals surface area contributed by atoms with Crippen LogP contribution in [-0.4, -0.2) is 59.2 Å². The number of para-hydroxylation sites is 1. The molecule has 1 saturated carbocycles. The van der Waals surface area contributed by atoms with E-state index in [0.29, 0.717) is 29.2 Å². The van der Waals surface area contributed by atoms with Crippen LogP contribution < -0.4 is 14.2 Å². The zero-order valence-corrected chi connectivity index (χ0v) is 31.6. The minimum atomic E-state index is -4.26. The molecule has 55 heavy (non-hydrogen) atoms. The second-order valence-corrected chi connectivity index (χ2v) is 15.4. The summed E-state index contributed by atoms with van der Waals surface area (Å²) in [6.07, 6.45) is 3.51. The van der Waals surface area contributed by atoms with Crippen molar-refractivity contribution >= 4 is 20.9 Å². The summed E-state index contributed by atoms with van der Waals surface area (Å²) >= 11 is 0. The smallest absolute Gasteiger partial charge is 0.244 e. The van der Waals surface area contributed by atoms with Crippen molar-refractivity contribution in [2.75, 3.05) is 21.3 Å². The number of ether oxygens (including phenoxy) is 3. The monoisotopic (exact) mass is 752 g/mol. The molecule has 0 amide bonds. The van der Waals surface area contributed by atoms with Gasteiger partial charge in [0.25, 0.3) is 0 Å². The van der Waals surface area contributed by atoms with Gasteiger partial charge in [-0.25, -0.2) is 8.42 Å². The molecule has 0 N–H and O–H groups in total. The van der Waals surface area contributed by atoms with Gasteiger partial charge in [-0.1, -0.05) is 66.7 Å². The van der Waals surface area contributed by atoms with Gasteiger partial charge in [-0.05, 0) is 106 Å². The van der Waals surface area contributed by atoms with E-state index in [0.717, 1.165) is 57.3 Å². The van der Waals surface area contributed by atoms with Crippen LogP contribution in [0.5, 0.6) is 17.2 Å². The number of hydrogen-bond acceptors (Lipinski definition) is 9. The molecule has 0 unspecified atom stereocenters. The van der Waals surface area contributed by atoms with Crippen LogP contribution in [0.3, 0.4) is 0 Å². The fourth-order valence-corrected chi connectivity index (χ4v) is 8.79. The van der Waals surface area contributed by atoms with E-state index < -0.39 is 10.0 Å². The number of sulfonamides is 1. The van der Waals surface area contributed by atoms with Gasteiger partial charge in [0, 0.05) is 24.7 Å². The number of rotatable bonds is 14. The van der Waals surface area contributed by atoms with Gasteiger partial charge in [-0.15, -0.1) is 10.2 Å². The van der Waals surface area contributed by atoms with Crippen LogP contribution in [0, 0.1) is 0 Å². The molecule has 278 valence electrons. The Labute approximate surface area is 320 Å². The molecule has 0 bridgehead atoms. The summed E-state index contributed by atoms with van der Waals surface area (Å²) in [5.41, 5.74) is 6.02. The Morgan fingerprint density at radius 2 is 1.27 bits per heavy atom. The van der Waals surface area contributed by atoms with E-state index in [1.807, 2.05) is 115 Å². The van der Waals surface area contributed by atoms with E-state index in [1.54, 1.807) is 27.5 Å². The van der Waals surface area contributed by atoms with Crippen molar-refractivity contribution in [3.8, 4) is 39.8 Å². The van der Waals surface area contributed by atoms with Gasteiger partial charge in [0.15, 0.2) is 0 Å². The maximum Gasteiger partial charge on any atom is 0.244 e. The first kappa shape index (κ1) is 35.9. The molecule has 7 aromatic rings. The topological polar surface area (TPSA) is 122 Å². The Kier molecular flexibility index (Phi) is 10.0. The number of aromatic nitrogens is 5. The fourth-order valence-electron chi connectivity index (χ4n) is 6.90. The van der Waals surface area contributed by atoms with Crippen molar-refractivity contribution in [2.24, 2.45) is 0 Å². The summed E-state index contributed by atoms with van der Waals surface area (Å²) in [5.74, 6) is 2.41. The number of methoxy groups -OCH3 is 3. The minimum Gasteiger partial charge on any atom is -0.497 e. The molecular weight excluding hydrogens is 713 g/mol. The first-order valence-electron chi connectivity index (χ1n) is 18.0. The van der Waals surface area contributed by atoms with E-state index in [4.69, 9.17) is 19.3 Å². The van der Waals surface area contributed by atoms with Gasteiger partial charge in [-0.2, -0.15) is 9.10 Å². The number of tetrazole rings is 1. The van der Waals surface area contributed by atoms with Crippen LogP contribution in [0.25, 0.3) is 33.4 Å². The second kappa shape index (κ2) is 15.3. The molecule has 0 saturated heterocycles. The number of pyridine rings is 1. The van der Waals surface area contributed by atoms with Gasteiger partial charge in [0.2, 0.25) is 15.8 Å². The van der Waals surface area contributed by atoms with Gasteiger partial charge >= 0.3 is 0 Å². The summed E-state index contributed by atoms with van der Waals surface area (Å²) in [5, 5.41) is 14.8. The Morgan fingerprint density at radius 3 is 1.85 bits per heavy atom. The van der Waals surface area contributed by atoms with Gasteiger partial charge in [-0.3, -0.25) is 4.98 Å². The van der Waals surface area contributed by atoms with Crippen LogP contribution >= 0.6 is 0 Å². The largest absolute Gasteiger partial charge is 0.497 e. The molecule has 2 heterocycles. The highest BCUT2D eigenvalue weighted by molar-refractivity contribution is 7.89.